The molecule has 2 rings (SSSR count). The zero-order valence-electron chi connectivity index (χ0n) is 8.77. The number of hydrogen-bond donors (Lipinski definition) is 0. The van der Waals surface area contributed by atoms with E-state index in [2.05, 4.69) is 4.98 Å². The van der Waals surface area contributed by atoms with Gasteiger partial charge in [0.15, 0.2) is 17.3 Å². The summed E-state index contributed by atoms with van der Waals surface area (Å²) in [6.07, 6.45) is 0. The van der Waals surface area contributed by atoms with E-state index >= 15 is 0 Å². The quantitative estimate of drug-likeness (QED) is 0.721. The lowest BCUT2D eigenvalue weighted by molar-refractivity contribution is 0.537. The third-order valence-electron chi connectivity index (χ3n) is 2.29. The summed E-state index contributed by atoms with van der Waals surface area (Å²) in [7, 11) is 0. The van der Waals surface area contributed by atoms with Crippen molar-refractivity contribution in [2.24, 2.45) is 0 Å². The molecule has 2 nitrogen and oxygen atoms in total. The molecule has 15 heavy (non-hydrogen) atoms. The fourth-order valence-corrected chi connectivity index (χ4v) is 1.68. The number of aromatic nitrogens is 1. The predicted octanol–water partition coefficient (Wildman–Crippen LogP) is 3.54. The molecule has 0 aliphatic carbocycles. The predicted molar refractivity (Wildman–Crippen MR) is 52.8 cm³/mol. The van der Waals surface area contributed by atoms with Crippen molar-refractivity contribution in [3.05, 3.63) is 29.2 Å². The summed E-state index contributed by atoms with van der Waals surface area (Å²) < 4.78 is 32.1. The standard InChI is InChI=1S/C11H11F2NO/c1-5(2)9-7(12)4-8(13)10-11(9)15-6(3)14-10/h4-5H,1-3H3. The van der Waals surface area contributed by atoms with Gasteiger partial charge in [-0.3, -0.25) is 0 Å². The van der Waals surface area contributed by atoms with Crippen molar-refractivity contribution >= 4 is 11.1 Å². The van der Waals surface area contributed by atoms with E-state index in [0.717, 1.165) is 6.07 Å². The van der Waals surface area contributed by atoms with E-state index in [4.69, 9.17) is 4.42 Å². The maximum absolute atomic E-state index is 13.5. The molecule has 1 heterocycles. The second-order valence-electron chi connectivity index (χ2n) is 3.82. The van der Waals surface area contributed by atoms with E-state index in [9.17, 15) is 8.78 Å². The summed E-state index contributed by atoms with van der Waals surface area (Å²) in [5.41, 5.74) is 0.713. The van der Waals surface area contributed by atoms with Crippen molar-refractivity contribution in [1.82, 2.24) is 4.98 Å². The van der Waals surface area contributed by atoms with E-state index in [1.54, 1.807) is 6.92 Å². The number of fused-ring (bicyclic) bond motifs is 1. The van der Waals surface area contributed by atoms with Crippen LogP contribution in [0, 0.1) is 18.6 Å². The Morgan fingerprint density at radius 1 is 1.27 bits per heavy atom. The highest BCUT2D eigenvalue weighted by Gasteiger charge is 2.19. The Morgan fingerprint density at radius 2 is 1.93 bits per heavy atom. The van der Waals surface area contributed by atoms with Crippen LogP contribution in [0.2, 0.25) is 0 Å². The highest BCUT2D eigenvalue weighted by atomic mass is 19.1. The van der Waals surface area contributed by atoms with Gasteiger partial charge in [-0.25, -0.2) is 13.8 Å². The van der Waals surface area contributed by atoms with E-state index in [1.165, 1.54) is 0 Å². The van der Waals surface area contributed by atoms with Crippen molar-refractivity contribution in [1.29, 1.82) is 0 Å². The lowest BCUT2D eigenvalue weighted by Gasteiger charge is -2.06. The van der Waals surface area contributed by atoms with Crippen LogP contribution in [-0.4, -0.2) is 4.98 Å². The Bertz CT molecular complexity index is 517. The number of oxazole rings is 1. The number of nitrogens with zero attached hydrogens (tertiary/aromatic N) is 1. The summed E-state index contributed by atoms with van der Waals surface area (Å²) in [6.45, 7) is 5.27. The minimum absolute atomic E-state index is 0.0690. The summed E-state index contributed by atoms with van der Waals surface area (Å²) in [6, 6.07) is 0.861. The number of rotatable bonds is 1. The number of aryl methyl sites for hydroxylation is 1. The van der Waals surface area contributed by atoms with Crippen LogP contribution in [0.4, 0.5) is 8.78 Å². The van der Waals surface area contributed by atoms with Gasteiger partial charge in [0, 0.05) is 18.6 Å². The average Bonchev–Trinajstić information content (AvgIpc) is 2.45. The third-order valence-corrected chi connectivity index (χ3v) is 2.29. The van der Waals surface area contributed by atoms with Gasteiger partial charge in [0.05, 0.1) is 0 Å². The summed E-state index contributed by atoms with van der Waals surface area (Å²) in [4.78, 5) is 3.89. The fourth-order valence-electron chi connectivity index (χ4n) is 1.68. The molecule has 0 unspecified atom stereocenters. The van der Waals surface area contributed by atoms with Crippen molar-refractivity contribution in [3.8, 4) is 0 Å². The van der Waals surface area contributed by atoms with Crippen LogP contribution in [0.25, 0.3) is 11.1 Å². The van der Waals surface area contributed by atoms with Crippen LogP contribution >= 0.6 is 0 Å². The normalized spacial score (nSPS) is 11.6. The molecule has 0 spiro atoms. The number of halogens is 2. The minimum atomic E-state index is -0.677. The largest absolute Gasteiger partial charge is 0.440 e. The molecule has 0 radical (unpaired) electrons. The smallest absolute Gasteiger partial charge is 0.192 e. The van der Waals surface area contributed by atoms with Gasteiger partial charge in [-0.1, -0.05) is 13.8 Å². The third kappa shape index (κ3) is 1.50. The van der Waals surface area contributed by atoms with Gasteiger partial charge in [0.1, 0.15) is 11.3 Å². The Morgan fingerprint density at radius 3 is 2.53 bits per heavy atom. The number of benzene rings is 1. The first-order chi connectivity index (χ1) is 7.00. The summed E-state index contributed by atoms with van der Waals surface area (Å²) in [5.74, 6) is -0.980. The molecular formula is C11H11F2NO. The van der Waals surface area contributed by atoms with Crippen LogP contribution in [-0.2, 0) is 0 Å². The molecule has 1 aromatic carbocycles. The first-order valence-electron chi connectivity index (χ1n) is 4.75. The summed E-state index contributed by atoms with van der Waals surface area (Å²) >= 11 is 0. The minimum Gasteiger partial charge on any atom is -0.440 e. The van der Waals surface area contributed by atoms with Gasteiger partial charge in [-0.05, 0) is 5.92 Å². The van der Waals surface area contributed by atoms with E-state index < -0.39 is 11.6 Å². The van der Waals surface area contributed by atoms with Crippen molar-refractivity contribution in [2.45, 2.75) is 26.7 Å². The summed E-state index contributed by atoms with van der Waals surface area (Å²) in [5, 5.41) is 0. The molecule has 0 fully saturated rings. The molecule has 0 amide bonds. The molecule has 0 aliphatic rings. The SMILES string of the molecule is Cc1nc2c(F)cc(F)c(C(C)C)c2o1. The maximum Gasteiger partial charge on any atom is 0.192 e. The molecule has 0 bridgehead atoms. The van der Waals surface area contributed by atoms with Gasteiger partial charge >= 0.3 is 0 Å². The van der Waals surface area contributed by atoms with E-state index in [-0.39, 0.29) is 17.0 Å². The molecule has 0 saturated carbocycles. The lowest BCUT2D eigenvalue weighted by atomic mass is 10.0. The zero-order chi connectivity index (χ0) is 11.2. The molecule has 0 N–H and O–H groups in total. The zero-order valence-corrected chi connectivity index (χ0v) is 8.77. The molecule has 4 heteroatoms. The van der Waals surface area contributed by atoms with Gasteiger partial charge < -0.3 is 4.42 Å². The van der Waals surface area contributed by atoms with Gasteiger partial charge in [-0.2, -0.15) is 0 Å². The Balaban J connectivity index is 2.89. The maximum atomic E-state index is 13.5. The highest BCUT2D eigenvalue weighted by molar-refractivity contribution is 5.77. The van der Waals surface area contributed by atoms with Crippen molar-refractivity contribution < 1.29 is 13.2 Å². The van der Waals surface area contributed by atoms with Crippen LogP contribution in [0.3, 0.4) is 0 Å². The van der Waals surface area contributed by atoms with Crippen LogP contribution < -0.4 is 0 Å². The molecule has 80 valence electrons. The van der Waals surface area contributed by atoms with Crippen LogP contribution in [0.1, 0.15) is 31.2 Å². The average molecular weight is 211 g/mol. The molecule has 2 aromatic rings. The fraction of sp³-hybridized carbons (Fsp3) is 0.364. The molecule has 0 aliphatic heterocycles. The molecule has 0 atom stereocenters. The number of hydrogen-bond acceptors (Lipinski definition) is 2. The first-order valence-corrected chi connectivity index (χ1v) is 4.75. The van der Waals surface area contributed by atoms with Gasteiger partial charge in [0.25, 0.3) is 0 Å². The van der Waals surface area contributed by atoms with E-state index in [1.807, 2.05) is 13.8 Å². The van der Waals surface area contributed by atoms with Crippen molar-refractivity contribution in [2.75, 3.05) is 0 Å². The Kier molecular flexibility index (Phi) is 2.21. The highest BCUT2D eigenvalue weighted by Crippen LogP contribution is 2.30. The van der Waals surface area contributed by atoms with Gasteiger partial charge in [-0.15, -0.1) is 0 Å². The molecule has 0 saturated heterocycles. The molecular weight excluding hydrogens is 200 g/mol. The first kappa shape index (κ1) is 10.1. The van der Waals surface area contributed by atoms with Crippen LogP contribution in [0.5, 0.6) is 0 Å². The Labute approximate surface area is 85.9 Å². The molecule has 1 aromatic heterocycles. The second kappa shape index (κ2) is 3.29. The van der Waals surface area contributed by atoms with E-state index in [0.29, 0.717) is 11.5 Å². The lowest BCUT2D eigenvalue weighted by Crippen LogP contribution is -1.95. The second-order valence-corrected chi connectivity index (χ2v) is 3.82. The monoisotopic (exact) mass is 211 g/mol. The van der Waals surface area contributed by atoms with Crippen LogP contribution in [0.15, 0.2) is 10.5 Å². The Hall–Kier alpha value is -1.45. The van der Waals surface area contributed by atoms with Crippen molar-refractivity contribution in [3.63, 3.8) is 0 Å². The van der Waals surface area contributed by atoms with Gasteiger partial charge in [0.2, 0.25) is 0 Å². The topological polar surface area (TPSA) is 26.0 Å².